The number of ether oxygens (including phenoxy) is 1. The fourth-order valence-corrected chi connectivity index (χ4v) is 3.41. The third kappa shape index (κ3) is 4.33. The molecule has 1 aliphatic heterocycles. The Bertz CT molecular complexity index is 600. The molecule has 23 heavy (non-hydrogen) atoms. The highest BCUT2D eigenvalue weighted by Crippen LogP contribution is 2.25. The number of carbonyl (C=O) groups is 1. The lowest BCUT2D eigenvalue weighted by Crippen LogP contribution is -2.48. The Morgan fingerprint density at radius 3 is 3.22 bits per heavy atom. The molecule has 0 aromatic carbocycles. The van der Waals surface area contributed by atoms with Crippen LogP contribution in [0.5, 0.6) is 0 Å². The summed E-state index contributed by atoms with van der Waals surface area (Å²) >= 11 is 1.67. The number of carbonyl (C=O) groups excluding carboxylic acids is 1. The van der Waals surface area contributed by atoms with E-state index in [9.17, 15) is 4.79 Å². The zero-order chi connectivity index (χ0) is 16.1. The first-order valence-electron chi connectivity index (χ1n) is 7.87. The largest absolute Gasteiger partial charge is 0.369 e. The van der Waals surface area contributed by atoms with Gasteiger partial charge in [-0.1, -0.05) is 13.0 Å². The number of nitrogens with one attached hydrogen (secondary N) is 1. The number of amides is 2. The summed E-state index contributed by atoms with van der Waals surface area (Å²) in [5.41, 5.74) is 0. The molecule has 1 aliphatic rings. The highest BCUT2D eigenvalue weighted by Gasteiger charge is 2.26. The molecule has 1 saturated heterocycles. The lowest BCUT2D eigenvalue weighted by molar-refractivity contribution is -0.0136. The van der Waals surface area contributed by atoms with Gasteiger partial charge in [0.1, 0.15) is 6.10 Å². The summed E-state index contributed by atoms with van der Waals surface area (Å²) in [6.45, 7) is 5.38. The maximum atomic E-state index is 12.4. The molecule has 3 heterocycles. The van der Waals surface area contributed by atoms with Gasteiger partial charge in [-0.15, -0.1) is 11.3 Å². The molecule has 0 aliphatic carbocycles. The smallest absolute Gasteiger partial charge is 0.317 e. The number of morpholine rings is 1. The van der Waals surface area contributed by atoms with E-state index in [4.69, 9.17) is 4.74 Å². The second kappa shape index (κ2) is 7.61. The first-order valence-corrected chi connectivity index (χ1v) is 8.75. The Morgan fingerprint density at radius 2 is 2.48 bits per heavy atom. The molecule has 0 unspecified atom stereocenters. The van der Waals surface area contributed by atoms with E-state index in [2.05, 4.69) is 23.4 Å². The van der Waals surface area contributed by atoms with Gasteiger partial charge in [-0.25, -0.2) is 4.79 Å². The maximum absolute atomic E-state index is 12.4. The molecule has 0 bridgehead atoms. The topological polar surface area (TPSA) is 59.4 Å². The first kappa shape index (κ1) is 16.0. The summed E-state index contributed by atoms with van der Waals surface area (Å²) < 4.78 is 7.66. The minimum Gasteiger partial charge on any atom is -0.369 e. The number of urea groups is 1. The van der Waals surface area contributed by atoms with Gasteiger partial charge in [0.15, 0.2) is 0 Å². The van der Waals surface area contributed by atoms with Crippen molar-refractivity contribution in [3.8, 4) is 0 Å². The van der Waals surface area contributed by atoms with Crippen molar-refractivity contribution < 1.29 is 9.53 Å². The van der Waals surface area contributed by atoms with Crippen LogP contribution in [0.1, 0.15) is 17.9 Å². The average molecular weight is 334 g/mol. The van der Waals surface area contributed by atoms with Gasteiger partial charge < -0.3 is 15.0 Å². The van der Waals surface area contributed by atoms with E-state index in [0.29, 0.717) is 32.2 Å². The number of thiophene rings is 1. The Hall–Kier alpha value is -1.86. The summed E-state index contributed by atoms with van der Waals surface area (Å²) in [6, 6.07) is 5.97. The van der Waals surface area contributed by atoms with Crippen LogP contribution >= 0.6 is 11.3 Å². The van der Waals surface area contributed by atoms with E-state index < -0.39 is 0 Å². The van der Waals surface area contributed by atoms with Crippen molar-refractivity contribution in [2.45, 2.75) is 19.6 Å². The van der Waals surface area contributed by atoms with Crippen LogP contribution in [0.15, 0.2) is 36.0 Å². The van der Waals surface area contributed by atoms with Crippen molar-refractivity contribution in [2.24, 2.45) is 5.92 Å². The zero-order valence-corrected chi connectivity index (χ0v) is 14.0. The van der Waals surface area contributed by atoms with Crippen molar-refractivity contribution in [3.05, 3.63) is 40.8 Å². The summed E-state index contributed by atoms with van der Waals surface area (Å²) in [5, 5.41) is 9.25. The number of aromatic nitrogens is 2. The molecule has 2 amide bonds. The van der Waals surface area contributed by atoms with Gasteiger partial charge >= 0.3 is 6.03 Å². The lowest BCUT2D eigenvalue weighted by atomic mass is 10.2. The molecule has 0 spiro atoms. The maximum Gasteiger partial charge on any atom is 0.317 e. The molecular formula is C16H22N4O2S. The normalized spacial score (nSPS) is 19.5. The predicted octanol–water partition coefficient (Wildman–Crippen LogP) is 2.36. The number of hydrogen-bond acceptors (Lipinski definition) is 4. The molecule has 2 aromatic heterocycles. The van der Waals surface area contributed by atoms with E-state index >= 15 is 0 Å². The summed E-state index contributed by atoms with van der Waals surface area (Å²) in [7, 11) is 0. The second-order valence-electron chi connectivity index (χ2n) is 5.84. The molecule has 2 aromatic rings. The van der Waals surface area contributed by atoms with Gasteiger partial charge in [0, 0.05) is 36.9 Å². The molecule has 124 valence electrons. The van der Waals surface area contributed by atoms with Gasteiger partial charge in [-0.3, -0.25) is 4.68 Å². The molecule has 2 atom stereocenters. The first-order chi connectivity index (χ1) is 11.2. The van der Waals surface area contributed by atoms with E-state index in [-0.39, 0.29) is 12.1 Å². The third-order valence-electron chi connectivity index (χ3n) is 3.87. The number of rotatable bonds is 5. The molecule has 6 nitrogen and oxygen atoms in total. The molecule has 1 N–H and O–H groups in total. The number of nitrogens with zero attached hydrogens (tertiary/aromatic N) is 3. The van der Waals surface area contributed by atoms with Gasteiger partial charge in [-0.2, -0.15) is 5.10 Å². The van der Waals surface area contributed by atoms with Crippen LogP contribution in [0.2, 0.25) is 0 Å². The van der Waals surface area contributed by atoms with E-state index in [0.717, 1.165) is 6.54 Å². The second-order valence-corrected chi connectivity index (χ2v) is 6.82. The third-order valence-corrected chi connectivity index (χ3v) is 4.84. The van der Waals surface area contributed by atoms with Crippen LogP contribution in [0.25, 0.3) is 0 Å². The van der Waals surface area contributed by atoms with Crippen molar-refractivity contribution >= 4 is 17.4 Å². The van der Waals surface area contributed by atoms with Crippen molar-refractivity contribution in [1.29, 1.82) is 0 Å². The van der Waals surface area contributed by atoms with Gasteiger partial charge in [0.25, 0.3) is 0 Å². The Labute approximate surface area is 140 Å². The molecule has 0 radical (unpaired) electrons. The van der Waals surface area contributed by atoms with Crippen molar-refractivity contribution in [3.63, 3.8) is 0 Å². The van der Waals surface area contributed by atoms with Crippen molar-refractivity contribution in [2.75, 3.05) is 26.2 Å². The van der Waals surface area contributed by atoms with E-state index in [1.54, 1.807) is 17.5 Å². The summed E-state index contributed by atoms with van der Waals surface area (Å²) in [4.78, 5) is 15.4. The molecule has 0 saturated carbocycles. The highest BCUT2D eigenvalue weighted by molar-refractivity contribution is 7.10. The monoisotopic (exact) mass is 334 g/mol. The fourth-order valence-electron chi connectivity index (χ4n) is 2.65. The van der Waals surface area contributed by atoms with Crippen LogP contribution in [0.4, 0.5) is 4.79 Å². The predicted molar refractivity (Wildman–Crippen MR) is 89.4 cm³/mol. The number of hydrogen-bond donors (Lipinski definition) is 1. The Kier molecular flexibility index (Phi) is 5.30. The Morgan fingerprint density at radius 1 is 1.57 bits per heavy atom. The standard InChI is InChI=1S/C16H22N4O2S/c1-13(11-20-6-3-5-18-20)10-17-16(21)19-7-8-22-14(12-19)15-4-2-9-23-15/h2-6,9,13-14H,7-8,10-12H2,1H3,(H,17,21)/t13-,14+/m0/s1. The molecular weight excluding hydrogens is 312 g/mol. The van der Waals surface area contributed by atoms with Gasteiger partial charge in [0.05, 0.1) is 13.2 Å². The SMILES string of the molecule is C[C@@H](CNC(=O)N1CCO[C@@H](c2cccs2)C1)Cn1cccn1. The lowest BCUT2D eigenvalue weighted by Gasteiger charge is -2.32. The van der Waals surface area contributed by atoms with Crippen molar-refractivity contribution in [1.82, 2.24) is 20.0 Å². The Balaban J connectivity index is 1.46. The summed E-state index contributed by atoms with van der Waals surface area (Å²) in [5.74, 6) is 0.327. The minimum absolute atomic E-state index is 0.00371. The quantitative estimate of drug-likeness (QED) is 0.913. The van der Waals surface area contributed by atoms with Crippen LogP contribution < -0.4 is 5.32 Å². The van der Waals surface area contributed by atoms with Gasteiger partial charge in [0.2, 0.25) is 0 Å². The van der Waals surface area contributed by atoms with Crippen LogP contribution in [-0.2, 0) is 11.3 Å². The zero-order valence-electron chi connectivity index (χ0n) is 13.2. The molecule has 1 fully saturated rings. The highest BCUT2D eigenvalue weighted by atomic mass is 32.1. The van der Waals surface area contributed by atoms with Crippen LogP contribution in [-0.4, -0.2) is 47.0 Å². The minimum atomic E-state index is -0.0119. The fraction of sp³-hybridized carbons (Fsp3) is 0.500. The molecule has 3 rings (SSSR count). The van der Waals surface area contributed by atoms with Crippen LogP contribution in [0, 0.1) is 5.92 Å². The average Bonchev–Trinajstić information content (AvgIpc) is 3.26. The van der Waals surface area contributed by atoms with E-state index in [1.165, 1.54) is 4.88 Å². The summed E-state index contributed by atoms with van der Waals surface area (Å²) in [6.07, 6.45) is 3.70. The van der Waals surface area contributed by atoms with Gasteiger partial charge in [-0.05, 0) is 23.4 Å². The van der Waals surface area contributed by atoms with E-state index in [1.807, 2.05) is 33.3 Å². The van der Waals surface area contributed by atoms with Crippen LogP contribution in [0.3, 0.4) is 0 Å². The molecule has 7 heteroatoms.